The molecule has 0 fully saturated rings. The second kappa shape index (κ2) is 6.10. The van der Waals surface area contributed by atoms with Gasteiger partial charge in [-0.05, 0) is 49.1 Å². The Hall–Kier alpha value is -1.85. The first kappa shape index (κ1) is 15.1. The van der Waals surface area contributed by atoms with Crippen LogP contribution >= 0.6 is 0 Å². The average Bonchev–Trinajstić information content (AvgIpc) is 2.99. The predicted molar refractivity (Wildman–Crippen MR) is 86.7 cm³/mol. The molecule has 0 spiro atoms. The molecule has 0 amide bonds. The first-order valence-electron chi connectivity index (χ1n) is 7.38. The summed E-state index contributed by atoms with van der Waals surface area (Å²) in [4.78, 5) is 0.456. The number of rotatable bonds is 5. The van der Waals surface area contributed by atoms with Gasteiger partial charge >= 0.3 is 0 Å². The second-order valence-electron chi connectivity index (χ2n) is 5.62. The Bertz CT molecular complexity index is 776. The first-order valence-corrected chi connectivity index (χ1v) is 8.86. The van der Waals surface area contributed by atoms with Crippen LogP contribution in [0.25, 0.3) is 6.08 Å². The van der Waals surface area contributed by atoms with Crippen LogP contribution in [0.15, 0.2) is 52.0 Å². The monoisotopic (exact) mass is 317 g/mol. The highest BCUT2D eigenvalue weighted by atomic mass is 32.2. The van der Waals surface area contributed by atoms with Crippen LogP contribution in [0, 0.1) is 0 Å². The molecule has 5 heteroatoms. The van der Waals surface area contributed by atoms with Gasteiger partial charge in [0.15, 0.2) is 0 Å². The van der Waals surface area contributed by atoms with E-state index in [0.717, 1.165) is 17.7 Å². The number of hydrogen-bond donors (Lipinski definition) is 1. The molecule has 2 aromatic rings. The molecule has 1 aliphatic rings. The minimum atomic E-state index is -3.46. The van der Waals surface area contributed by atoms with E-state index in [1.165, 1.54) is 5.56 Å². The van der Waals surface area contributed by atoms with Gasteiger partial charge in [-0.3, -0.25) is 0 Å². The van der Waals surface area contributed by atoms with E-state index in [4.69, 9.17) is 4.42 Å². The molecule has 0 saturated heterocycles. The van der Waals surface area contributed by atoms with Gasteiger partial charge in [0.2, 0.25) is 10.0 Å². The third-order valence-corrected chi connectivity index (χ3v) is 5.53. The van der Waals surface area contributed by atoms with Gasteiger partial charge in [-0.15, -0.1) is 0 Å². The maximum atomic E-state index is 12.5. The molecule has 1 aromatic heterocycles. The van der Waals surface area contributed by atoms with Crippen molar-refractivity contribution in [3.63, 3.8) is 0 Å². The van der Waals surface area contributed by atoms with Crippen LogP contribution in [0.2, 0.25) is 0 Å². The van der Waals surface area contributed by atoms with Crippen molar-refractivity contribution < 1.29 is 12.8 Å². The third kappa shape index (κ3) is 3.31. The van der Waals surface area contributed by atoms with E-state index >= 15 is 0 Å². The molecule has 3 rings (SSSR count). The van der Waals surface area contributed by atoms with E-state index in [2.05, 4.69) is 4.72 Å². The average molecular weight is 317 g/mol. The highest BCUT2D eigenvalue weighted by Crippen LogP contribution is 2.26. The van der Waals surface area contributed by atoms with E-state index in [9.17, 15) is 8.42 Å². The van der Waals surface area contributed by atoms with Crippen molar-refractivity contribution in [1.29, 1.82) is 0 Å². The molecule has 0 unspecified atom stereocenters. The fraction of sp³-hybridized carbons (Fsp3) is 0.294. The maximum absolute atomic E-state index is 12.5. The summed E-state index contributed by atoms with van der Waals surface area (Å²) in [5, 5.41) is 0. The maximum Gasteiger partial charge on any atom is 0.236 e. The normalized spacial score (nSPS) is 16.0. The largest absolute Gasteiger partial charge is 0.469 e. The van der Waals surface area contributed by atoms with Crippen molar-refractivity contribution >= 4 is 16.1 Å². The molecule has 0 radical (unpaired) electrons. The minimum absolute atomic E-state index is 0.214. The molecule has 0 aliphatic heterocycles. The van der Waals surface area contributed by atoms with Crippen molar-refractivity contribution in [3.05, 3.63) is 64.5 Å². The van der Waals surface area contributed by atoms with E-state index < -0.39 is 10.0 Å². The Labute approximate surface area is 130 Å². The Morgan fingerprint density at radius 3 is 2.77 bits per heavy atom. The number of fused-ring (bicyclic) bond motifs is 1. The predicted octanol–water partition coefficient (Wildman–Crippen LogP) is 3.12. The molecular weight excluding hydrogens is 298 g/mol. The number of nitrogens with one attached hydrogen (secondary N) is 1. The number of furan rings is 1. The van der Waals surface area contributed by atoms with Crippen molar-refractivity contribution in [2.45, 2.75) is 32.2 Å². The van der Waals surface area contributed by atoms with Gasteiger partial charge in [-0.25, -0.2) is 13.1 Å². The highest BCUT2D eigenvalue weighted by Gasteiger charge is 2.23. The summed E-state index contributed by atoms with van der Waals surface area (Å²) in [5.41, 5.74) is 2.19. The standard InChI is InChI=1S/C17H19NO3S/c1-13(11-16-7-4-10-21-16)18-22(19,20)17-9-8-14-5-2-3-6-15(14)12-17/h2-7,10,12-13,18H,8-9,11H2,1H3/t13-/m0/s1. The lowest BCUT2D eigenvalue weighted by Crippen LogP contribution is -2.35. The van der Waals surface area contributed by atoms with Crippen molar-refractivity contribution in [3.8, 4) is 0 Å². The zero-order valence-electron chi connectivity index (χ0n) is 12.5. The second-order valence-corrected chi connectivity index (χ2v) is 7.38. The Kier molecular flexibility index (Phi) is 4.18. The van der Waals surface area contributed by atoms with Gasteiger partial charge in [0.1, 0.15) is 5.76 Å². The molecule has 1 atom stereocenters. The molecule has 0 saturated carbocycles. The van der Waals surface area contributed by atoms with Crippen molar-refractivity contribution in [2.24, 2.45) is 0 Å². The van der Waals surface area contributed by atoms with Crippen LogP contribution < -0.4 is 4.72 Å². The summed E-state index contributed by atoms with van der Waals surface area (Å²) in [6.07, 6.45) is 5.21. The summed E-state index contributed by atoms with van der Waals surface area (Å²) in [6.45, 7) is 1.84. The molecule has 0 bridgehead atoms. The minimum Gasteiger partial charge on any atom is -0.469 e. The molecule has 116 valence electrons. The fourth-order valence-electron chi connectivity index (χ4n) is 2.73. The molecule has 1 aliphatic carbocycles. The fourth-order valence-corrected chi connectivity index (χ4v) is 4.15. The van der Waals surface area contributed by atoms with E-state index in [-0.39, 0.29) is 6.04 Å². The summed E-state index contributed by atoms with van der Waals surface area (Å²) >= 11 is 0. The van der Waals surface area contributed by atoms with Gasteiger partial charge in [0.25, 0.3) is 0 Å². The van der Waals surface area contributed by atoms with Gasteiger partial charge < -0.3 is 4.42 Å². The smallest absolute Gasteiger partial charge is 0.236 e. The van der Waals surface area contributed by atoms with Crippen LogP contribution in [0.3, 0.4) is 0 Å². The summed E-state index contributed by atoms with van der Waals surface area (Å²) in [6, 6.07) is 11.3. The summed E-state index contributed by atoms with van der Waals surface area (Å²) in [5.74, 6) is 0.776. The topological polar surface area (TPSA) is 59.3 Å². The Morgan fingerprint density at radius 1 is 1.18 bits per heavy atom. The van der Waals surface area contributed by atoms with Crippen LogP contribution in [0.5, 0.6) is 0 Å². The van der Waals surface area contributed by atoms with Gasteiger partial charge in [-0.1, -0.05) is 24.3 Å². The molecule has 1 heterocycles. The number of allylic oxidation sites excluding steroid dienone is 1. The lowest BCUT2D eigenvalue weighted by molar-refractivity contribution is 0.479. The number of sulfonamides is 1. The molecule has 22 heavy (non-hydrogen) atoms. The lowest BCUT2D eigenvalue weighted by atomic mass is 9.98. The zero-order valence-corrected chi connectivity index (χ0v) is 13.3. The third-order valence-electron chi connectivity index (χ3n) is 3.80. The van der Waals surface area contributed by atoms with E-state index in [1.54, 1.807) is 18.4 Å². The Balaban J connectivity index is 1.75. The van der Waals surface area contributed by atoms with Crippen molar-refractivity contribution in [2.75, 3.05) is 0 Å². The molecular formula is C17H19NO3S. The molecule has 1 N–H and O–H groups in total. The lowest BCUT2D eigenvalue weighted by Gasteiger charge is -2.19. The number of hydrogen-bond acceptors (Lipinski definition) is 3. The first-order chi connectivity index (χ1) is 10.5. The van der Waals surface area contributed by atoms with E-state index in [0.29, 0.717) is 17.7 Å². The Morgan fingerprint density at radius 2 is 2.00 bits per heavy atom. The van der Waals surface area contributed by atoms with Gasteiger partial charge in [-0.2, -0.15) is 0 Å². The van der Waals surface area contributed by atoms with Crippen LogP contribution in [-0.4, -0.2) is 14.5 Å². The molecule has 1 aromatic carbocycles. The van der Waals surface area contributed by atoms with Crippen molar-refractivity contribution in [1.82, 2.24) is 4.72 Å². The summed E-state index contributed by atoms with van der Waals surface area (Å²) in [7, 11) is -3.46. The molecule has 4 nitrogen and oxygen atoms in total. The van der Waals surface area contributed by atoms with Gasteiger partial charge in [0.05, 0.1) is 11.2 Å². The van der Waals surface area contributed by atoms with Gasteiger partial charge in [0, 0.05) is 12.5 Å². The highest BCUT2D eigenvalue weighted by molar-refractivity contribution is 7.93. The van der Waals surface area contributed by atoms with Crippen LogP contribution in [-0.2, 0) is 22.9 Å². The zero-order chi connectivity index (χ0) is 15.6. The van der Waals surface area contributed by atoms with Crippen LogP contribution in [0.4, 0.5) is 0 Å². The number of benzene rings is 1. The summed E-state index contributed by atoms with van der Waals surface area (Å²) < 4.78 is 33.0. The SMILES string of the molecule is C[C@@H](Cc1ccco1)NS(=O)(=O)C1=Cc2ccccc2CC1. The van der Waals surface area contributed by atoms with Crippen LogP contribution in [0.1, 0.15) is 30.2 Å². The number of aryl methyl sites for hydroxylation is 1. The quantitative estimate of drug-likeness (QED) is 0.922. The van der Waals surface area contributed by atoms with E-state index in [1.807, 2.05) is 37.3 Å².